The van der Waals surface area contributed by atoms with E-state index in [9.17, 15) is 14.4 Å². The third-order valence-corrected chi connectivity index (χ3v) is 4.56. The molecule has 9 heteroatoms. The summed E-state index contributed by atoms with van der Waals surface area (Å²) in [7, 11) is 3.09. The SMILES string of the molecule is COc1ccc(OC)c(/C=C/C(=O)N2CCCN2C(=O)CNC(=O)c2ccco2)c1. The quantitative estimate of drug-likeness (QED) is 0.694. The number of carbonyl (C=O) groups is 3. The van der Waals surface area contributed by atoms with E-state index in [1.807, 2.05) is 0 Å². The molecule has 0 radical (unpaired) electrons. The maximum absolute atomic E-state index is 12.7. The predicted octanol–water partition coefficient (Wildman–Crippen LogP) is 1.72. The number of nitrogens with zero attached hydrogens (tertiary/aromatic N) is 2. The fourth-order valence-electron chi connectivity index (χ4n) is 3.06. The Morgan fingerprint density at radius 2 is 1.93 bits per heavy atom. The molecule has 1 aliphatic heterocycles. The van der Waals surface area contributed by atoms with Crippen LogP contribution in [0.1, 0.15) is 22.5 Å². The van der Waals surface area contributed by atoms with Gasteiger partial charge in [0, 0.05) is 24.7 Å². The highest BCUT2D eigenvalue weighted by Gasteiger charge is 2.29. The molecule has 3 amide bonds. The van der Waals surface area contributed by atoms with Gasteiger partial charge < -0.3 is 19.2 Å². The molecule has 0 atom stereocenters. The van der Waals surface area contributed by atoms with E-state index in [0.717, 1.165) is 0 Å². The molecule has 1 saturated heterocycles. The average Bonchev–Trinajstić information content (AvgIpc) is 3.47. The number of hydrazine groups is 1. The largest absolute Gasteiger partial charge is 0.497 e. The third-order valence-electron chi connectivity index (χ3n) is 4.56. The number of furan rings is 1. The third kappa shape index (κ3) is 4.80. The minimum absolute atomic E-state index is 0.118. The average molecular weight is 413 g/mol. The standard InChI is InChI=1S/C21H23N3O6/c1-28-16-7-8-17(29-2)15(13-16)6-9-19(25)23-10-4-11-24(23)20(26)14-22-21(27)18-5-3-12-30-18/h3,5-9,12-13H,4,10-11,14H2,1-2H3,(H,22,27)/b9-6+. The summed E-state index contributed by atoms with van der Waals surface area (Å²) in [6.07, 6.45) is 5.02. The first-order valence-electron chi connectivity index (χ1n) is 9.37. The molecule has 1 N–H and O–H groups in total. The maximum Gasteiger partial charge on any atom is 0.287 e. The Morgan fingerprint density at radius 3 is 2.63 bits per heavy atom. The summed E-state index contributed by atoms with van der Waals surface area (Å²) in [6, 6.07) is 8.34. The van der Waals surface area contributed by atoms with Crippen molar-refractivity contribution >= 4 is 23.8 Å². The van der Waals surface area contributed by atoms with Crippen molar-refractivity contribution in [1.29, 1.82) is 0 Å². The van der Waals surface area contributed by atoms with Gasteiger partial charge in [0.1, 0.15) is 11.5 Å². The second-order valence-electron chi connectivity index (χ2n) is 6.43. The summed E-state index contributed by atoms with van der Waals surface area (Å²) >= 11 is 0. The summed E-state index contributed by atoms with van der Waals surface area (Å²) < 4.78 is 15.5. The summed E-state index contributed by atoms with van der Waals surface area (Å²) in [4.78, 5) is 37.1. The molecule has 3 rings (SSSR count). The molecule has 9 nitrogen and oxygen atoms in total. The van der Waals surface area contributed by atoms with Crippen molar-refractivity contribution in [2.75, 3.05) is 33.9 Å². The highest BCUT2D eigenvalue weighted by molar-refractivity contribution is 5.96. The molecule has 0 aliphatic carbocycles. The first-order valence-corrected chi connectivity index (χ1v) is 9.37. The van der Waals surface area contributed by atoms with Crippen LogP contribution in [-0.2, 0) is 9.59 Å². The Kier molecular flexibility index (Phi) is 6.74. The molecule has 158 valence electrons. The Morgan fingerprint density at radius 1 is 1.13 bits per heavy atom. The molecule has 0 bridgehead atoms. The van der Waals surface area contributed by atoms with Crippen LogP contribution in [0.15, 0.2) is 47.1 Å². The van der Waals surface area contributed by atoms with Gasteiger partial charge in [0.15, 0.2) is 5.76 Å². The van der Waals surface area contributed by atoms with Gasteiger partial charge in [-0.15, -0.1) is 0 Å². The van der Waals surface area contributed by atoms with E-state index < -0.39 is 5.91 Å². The van der Waals surface area contributed by atoms with Crippen LogP contribution in [-0.4, -0.2) is 61.6 Å². The minimum atomic E-state index is -0.490. The summed E-state index contributed by atoms with van der Waals surface area (Å²) in [6.45, 7) is 0.574. The zero-order valence-corrected chi connectivity index (χ0v) is 16.8. The molecule has 1 aliphatic rings. The van der Waals surface area contributed by atoms with E-state index in [1.54, 1.807) is 44.6 Å². The second kappa shape index (κ2) is 9.64. The summed E-state index contributed by atoms with van der Waals surface area (Å²) in [5, 5.41) is 5.21. The van der Waals surface area contributed by atoms with Crippen molar-refractivity contribution in [1.82, 2.24) is 15.3 Å². The summed E-state index contributed by atoms with van der Waals surface area (Å²) in [5.74, 6) is 0.127. The van der Waals surface area contributed by atoms with Crippen LogP contribution >= 0.6 is 0 Å². The van der Waals surface area contributed by atoms with Gasteiger partial charge in [-0.1, -0.05) is 0 Å². The first-order chi connectivity index (χ1) is 14.5. The van der Waals surface area contributed by atoms with Gasteiger partial charge in [-0.2, -0.15) is 0 Å². The van der Waals surface area contributed by atoms with Crippen LogP contribution in [0.3, 0.4) is 0 Å². The molecule has 0 saturated carbocycles. The molecule has 0 spiro atoms. The molecule has 1 aromatic heterocycles. The Bertz CT molecular complexity index is 938. The topological polar surface area (TPSA) is 101 Å². The van der Waals surface area contributed by atoms with Gasteiger partial charge in [-0.3, -0.25) is 14.4 Å². The van der Waals surface area contributed by atoms with E-state index in [4.69, 9.17) is 13.9 Å². The van der Waals surface area contributed by atoms with Gasteiger partial charge in [-0.25, -0.2) is 10.0 Å². The second-order valence-corrected chi connectivity index (χ2v) is 6.43. The minimum Gasteiger partial charge on any atom is -0.497 e. The molecule has 1 fully saturated rings. The van der Waals surface area contributed by atoms with Crippen molar-refractivity contribution < 1.29 is 28.3 Å². The zero-order valence-electron chi connectivity index (χ0n) is 16.8. The lowest BCUT2D eigenvalue weighted by Gasteiger charge is -2.27. The number of carbonyl (C=O) groups excluding carboxylic acids is 3. The summed E-state index contributed by atoms with van der Waals surface area (Å²) in [5.41, 5.74) is 0.674. The molecule has 2 heterocycles. The first kappa shape index (κ1) is 21.0. The lowest BCUT2D eigenvalue weighted by atomic mass is 10.1. The van der Waals surface area contributed by atoms with Gasteiger partial charge in [0.2, 0.25) is 0 Å². The van der Waals surface area contributed by atoms with Crippen LogP contribution < -0.4 is 14.8 Å². The van der Waals surface area contributed by atoms with Crippen molar-refractivity contribution in [3.8, 4) is 11.5 Å². The number of ether oxygens (including phenoxy) is 2. The lowest BCUT2D eigenvalue weighted by Crippen LogP contribution is -2.48. The van der Waals surface area contributed by atoms with Gasteiger partial charge >= 0.3 is 0 Å². The van der Waals surface area contributed by atoms with Crippen LogP contribution in [0.2, 0.25) is 0 Å². The monoisotopic (exact) mass is 413 g/mol. The van der Waals surface area contributed by atoms with Crippen molar-refractivity contribution in [2.24, 2.45) is 0 Å². The van der Waals surface area contributed by atoms with E-state index in [-0.39, 0.29) is 24.1 Å². The number of hydrogen-bond acceptors (Lipinski definition) is 6. The lowest BCUT2D eigenvalue weighted by molar-refractivity contribution is -0.153. The normalized spacial score (nSPS) is 13.5. The van der Waals surface area contributed by atoms with Crippen molar-refractivity contribution in [2.45, 2.75) is 6.42 Å². The highest BCUT2D eigenvalue weighted by atomic mass is 16.5. The fraction of sp³-hybridized carbons (Fsp3) is 0.286. The number of methoxy groups -OCH3 is 2. The smallest absolute Gasteiger partial charge is 0.287 e. The molecular formula is C21H23N3O6. The Labute approximate surface area is 173 Å². The predicted molar refractivity (Wildman–Crippen MR) is 108 cm³/mol. The van der Waals surface area contributed by atoms with E-state index in [2.05, 4.69) is 5.32 Å². The molecule has 2 aromatic rings. The molecule has 0 unspecified atom stereocenters. The molecule has 30 heavy (non-hydrogen) atoms. The van der Waals surface area contributed by atoms with Crippen LogP contribution in [0.4, 0.5) is 0 Å². The number of benzene rings is 1. The van der Waals surface area contributed by atoms with Gasteiger partial charge in [0.05, 0.1) is 27.0 Å². The van der Waals surface area contributed by atoms with Crippen molar-refractivity contribution in [3.63, 3.8) is 0 Å². The number of nitrogens with one attached hydrogen (secondary N) is 1. The number of rotatable bonds is 7. The highest BCUT2D eigenvalue weighted by Crippen LogP contribution is 2.25. The Hall–Kier alpha value is -3.75. The van der Waals surface area contributed by atoms with E-state index in [0.29, 0.717) is 36.6 Å². The fourth-order valence-corrected chi connectivity index (χ4v) is 3.06. The number of amides is 3. The van der Waals surface area contributed by atoms with Gasteiger partial charge in [0.25, 0.3) is 17.7 Å². The molecule has 1 aromatic carbocycles. The maximum atomic E-state index is 12.7. The van der Waals surface area contributed by atoms with Crippen molar-refractivity contribution in [3.05, 3.63) is 54.0 Å². The zero-order chi connectivity index (χ0) is 21.5. The van der Waals surface area contributed by atoms with E-state index in [1.165, 1.54) is 28.4 Å². The van der Waals surface area contributed by atoms with E-state index >= 15 is 0 Å². The molecular weight excluding hydrogens is 390 g/mol. The Balaban J connectivity index is 1.63. The number of hydrogen-bond donors (Lipinski definition) is 1. The van der Waals surface area contributed by atoms with Crippen LogP contribution in [0.25, 0.3) is 6.08 Å². The van der Waals surface area contributed by atoms with Crippen LogP contribution in [0, 0.1) is 0 Å². The van der Waals surface area contributed by atoms with Gasteiger partial charge in [-0.05, 0) is 42.8 Å². The van der Waals surface area contributed by atoms with Crippen LogP contribution in [0.5, 0.6) is 11.5 Å².